The molecular weight excluding hydrogens is 494 g/mol. The van der Waals surface area contributed by atoms with Gasteiger partial charge in [0, 0.05) is 30.3 Å². The van der Waals surface area contributed by atoms with Gasteiger partial charge >= 0.3 is 0 Å². The highest BCUT2D eigenvalue weighted by Crippen LogP contribution is 2.21. The number of nitrogens with one attached hydrogen (secondary N) is 3. The first-order chi connectivity index (χ1) is 17.7. The highest BCUT2D eigenvalue weighted by Gasteiger charge is 2.35. The molecule has 2 amide bonds. The van der Waals surface area contributed by atoms with Crippen LogP contribution in [0.15, 0.2) is 71.6 Å². The molecule has 37 heavy (non-hydrogen) atoms. The first-order valence-electron chi connectivity index (χ1n) is 11.8. The first-order valence-corrected chi connectivity index (χ1v) is 13.3. The van der Waals surface area contributed by atoms with Crippen LogP contribution in [-0.4, -0.2) is 67.9 Å². The Morgan fingerprint density at radius 1 is 1.05 bits per heavy atom. The van der Waals surface area contributed by atoms with Gasteiger partial charge in [0.25, 0.3) is 5.91 Å². The molecule has 0 bridgehead atoms. The summed E-state index contributed by atoms with van der Waals surface area (Å²) >= 11 is 0. The number of hydrogen-bond donors (Lipinski definition) is 5. The van der Waals surface area contributed by atoms with Crippen LogP contribution in [-0.2, 0) is 14.8 Å². The molecule has 1 heterocycles. The zero-order valence-corrected chi connectivity index (χ0v) is 20.9. The maximum Gasteiger partial charge on any atom is 0.251 e. The van der Waals surface area contributed by atoms with E-state index in [1.807, 2.05) is 12.1 Å². The standard InChI is InChI=1S/C26H29N5O5S/c27-24(28)19-7-3-8-20(13-19)25(33)29-15-21-9-4-12-31(21)26(34)23(16-32)30-37(35,36)22-11-10-17-5-1-2-6-18(17)14-22/h1-3,5-8,10-11,13-14,21,23,30,32H,4,9,12,15-16H2,(H3,27,28)(H,29,33)/t21-,23+/m0/s1. The van der Waals surface area contributed by atoms with Gasteiger partial charge in [-0.15, -0.1) is 0 Å². The second-order valence-electron chi connectivity index (χ2n) is 8.90. The van der Waals surface area contributed by atoms with Gasteiger partial charge < -0.3 is 21.1 Å². The average Bonchev–Trinajstić information content (AvgIpc) is 3.38. The summed E-state index contributed by atoms with van der Waals surface area (Å²) < 4.78 is 28.4. The number of carbonyl (C=O) groups is 2. The van der Waals surface area contributed by atoms with Crippen molar-refractivity contribution < 1.29 is 23.1 Å². The number of likely N-dealkylation sites (tertiary alicyclic amines) is 1. The van der Waals surface area contributed by atoms with Crippen LogP contribution in [0.2, 0.25) is 0 Å². The molecule has 194 valence electrons. The molecule has 6 N–H and O–H groups in total. The smallest absolute Gasteiger partial charge is 0.251 e. The minimum Gasteiger partial charge on any atom is -0.394 e. The maximum absolute atomic E-state index is 13.2. The van der Waals surface area contributed by atoms with E-state index in [4.69, 9.17) is 11.1 Å². The van der Waals surface area contributed by atoms with Gasteiger partial charge in [0.1, 0.15) is 11.9 Å². The molecule has 1 fully saturated rings. The topological polar surface area (TPSA) is 166 Å². The molecule has 2 atom stereocenters. The summed E-state index contributed by atoms with van der Waals surface area (Å²) in [5.74, 6) is -1.08. The van der Waals surface area contributed by atoms with Crippen molar-refractivity contribution in [1.29, 1.82) is 5.41 Å². The predicted octanol–water partition coefficient (Wildman–Crippen LogP) is 1.18. The van der Waals surface area contributed by atoms with Crippen molar-refractivity contribution in [2.24, 2.45) is 5.73 Å². The van der Waals surface area contributed by atoms with Gasteiger partial charge in [-0.1, -0.05) is 42.5 Å². The fraction of sp³-hybridized carbons (Fsp3) is 0.269. The van der Waals surface area contributed by atoms with E-state index in [-0.39, 0.29) is 29.2 Å². The van der Waals surface area contributed by atoms with Crippen molar-refractivity contribution in [2.75, 3.05) is 19.7 Å². The number of rotatable bonds is 9. The van der Waals surface area contributed by atoms with Crippen LogP contribution in [0.3, 0.4) is 0 Å². The van der Waals surface area contributed by atoms with Gasteiger partial charge in [-0.3, -0.25) is 15.0 Å². The minimum absolute atomic E-state index is 0.00419. The van der Waals surface area contributed by atoms with Crippen molar-refractivity contribution in [2.45, 2.75) is 29.8 Å². The molecule has 11 heteroatoms. The highest BCUT2D eigenvalue weighted by molar-refractivity contribution is 7.89. The van der Waals surface area contributed by atoms with Crippen LogP contribution in [0.5, 0.6) is 0 Å². The number of nitrogens with zero attached hydrogens (tertiary/aromatic N) is 1. The molecule has 0 spiro atoms. The van der Waals surface area contributed by atoms with E-state index in [0.717, 1.165) is 10.8 Å². The maximum atomic E-state index is 13.2. The number of nitrogens with two attached hydrogens (primary N) is 1. The molecular formula is C26H29N5O5S. The molecule has 0 unspecified atom stereocenters. The van der Waals surface area contributed by atoms with Crippen molar-refractivity contribution in [1.82, 2.24) is 14.9 Å². The summed E-state index contributed by atoms with van der Waals surface area (Å²) in [6.45, 7) is -0.170. The molecule has 10 nitrogen and oxygen atoms in total. The predicted molar refractivity (Wildman–Crippen MR) is 140 cm³/mol. The number of aliphatic hydroxyl groups is 1. The first kappa shape index (κ1) is 26.3. The molecule has 1 aliphatic heterocycles. The molecule has 3 aromatic rings. The number of sulfonamides is 1. The Labute approximate surface area is 215 Å². The summed E-state index contributed by atoms with van der Waals surface area (Å²) in [4.78, 5) is 27.3. The number of aliphatic hydroxyl groups excluding tert-OH is 1. The van der Waals surface area contributed by atoms with Gasteiger partial charge in [0.2, 0.25) is 15.9 Å². The largest absolute Gasteiger partial charge is 0.394 e. The summed E-state index contributed by atoms with van der Waals surface area (Å²) in [6, 6.07) is 16.6. The lowest BCUT2D eigenvalue weighted by molar-refractivity contribution is -0.134. The molecule has 4 rings (SSSR count). The molecule has 3 aromatic carbocycles. The average molecular weight is 524 g/mol. The van der Waals surface area contributed by atoms with E-state index in [0.29, 0.717) is 30.5 Å². The Morgan fingerprint density at radius 3 is 2.51 bits per heavy atom. The third kappa shape index (κ3) is 5.96. The quantitative estimate of drug-likeness (QED) is 0.209. The molecule has 0 aromatic heterocycles. The van der Waals surface area contributed by atoms with E-state index in [1.165, 1.54) is 23.1 Å². The molecule has 0 saturated carbocycles. The molecule has 0 aliphatic carbocycles. The van der Waals surface area contributed by atoms with Crippen molar-refractivity contribution in [3.8, 4) is 0 Å². The van der Waals surface area contributed by atoms with Gasteiger partial charge in [0.15, 0.2) is 0 Å². The number of nitrogen functional groups attached to an aromatic ring is 1. The van der Waals surface area contributed by atoms with Gasteiger partial charge in [-0.25, -0.2) is 8.42 Å². The second kappa shape index (κ2) is 11.1. The van der Waals surface area contributed by atoms with Gasteiger partial charge in [-0.2, -0.15) is 4.72 Å². The summed E-state index contributed by atoms with van der Waals surface area (Å²) in [7, 11) is -4.08. The fourth-order valence-corrected chi connectivity index (χ4v) is 5.65. The van der Waals surface area contributed by atoms with Crippen LogP contribution >= 0.6 is 0 Å². The lowest BCUT2D eigenvalue weighted by Gasteiger charge is -2.28. The van der Waals surface area contributed by atoms with Gasteiger partial charge in [-0.05, 0) is 47.9 Å². The zero-order valence-electron chi connectivity index (χ0n) is 20.1. The normalized spacial score (nSPS) is 16.5. The zero-order chi connectivity index (χ0) is 26.6. The van der Waals surface area contributed by atoms with E-state index in [9.17, 15) is 23.1 Å². The van der Waals surface area contributed by atoms with Crippen molar-refractivity contribution in [3.05, 3.63) is 77.9 Å². The Kier molecular flexibility index (Phi) is 7.86. The number of amides is 2. The lowest BCUT2D eigenvalue weighted by atomic mass is 10.1. The third-order valence-corrected chi connectivity index (χ3v) is 7.87. The molecule has 1 aliphatic rings. The van der Waals surface area contributed by atoms with E-state index >= 15 is 0 Å². The summed E-state index contributed by atoms with van der Waals surface area (Å²) in [6.07, 6.45) is 1.30. The molecule has 0 radical (unpaired) electrons. The SMILES string of the molecule is N=C(N)c1cccc(C(=O)NC[C@@H]2CCCN2C(=O)[C@@H](CO)NS(=O)(=O)c2ccc3ccccc3c2)c1. The fourth-order valence-electron chi connectivity index (χ4n) is 4.43. The van der Waals surface area contributed by atoms with Crippen molar-refractivity contribution >= 4 is 38.4 Å². The molecule has 1 saturated heterocycles. The number of fused-ring (bicyclic) bond motifs is 1. The Morgan fingerprint density at radius 2 is 1.78 bits per heavy atom. The highest BCUT2D eigenvalue weighted by atomic mass is 32.2. The number of amidine groups is 1. The third-order valence-electron chi connectivity index (χ3n) is 6.40. The van der Waals surface area contributed by atoms with E-state index in [1.54, 1.807) is 36.4 Å². The van der Waals surface area contributed by atoms with Crippen LogP contribution < -0.4 is 15.8 Å². The van der Waals surface area contributed by atoms with Gasteiger partial charge in [0.05, 0.1) is 11.5 Å². The van der Waals surface area contributed by atoms with E-state index < -0.39 is 28.6 Å². The van der Waals surface area contributed by atoms with Crippen LogP contribution in [0.4, 0.5) is 0 Å². The van der Waals surface area contributed by atoms with E-state index in [2.05, 4.69) is 10.0 Å². The monoisotopic (exact) mass is 523 g/mol. The summed E-state index contributed by atoms with van der Waals surface area (Å²) in [5, 5.41) is 21.8. The van der Waals surface area contributed by atoms with Crippen LogP contribution in [0.25, 0.3) is 10.8 Å². The minimum atomic E-state index is -4.08. The Hall–Kier alpha value is -3.80. The Bertz CT molecular complexity index is 1440. The number of carbonyl (C=O) groups excluding carboxylic acids is 2. The second-order valence-corrected chi connectivity index (χ2v) is 10.6. The van der Waals surface area contributed by atoms with Crippen LogP contribution in [0.1, 0.15) is 28.8 Å². The number of benzene rings is 3. The van der Waals surface area contributed by atoms with Crippen molar-refractivity contribution in [3.63, 3.8) is 0 Å². The lowest BCUT2D eigenvalue weighted by Crippen LogP contribution is -2.53. The Balaban J connectivity index is 1.42. The summed E-state index contributed by atoms with van der Waals surface area (Å²) in [5.41, 5.74) is 6.25. The van der Waals surface area contributed by atoms with Crippen LogP contribution in [0, 0.1) is 5.41 Å². The number of hydrogen-bond acceptors (Lipinski definition) is 6.